The highest BCUT2D eigenvalue weighted by Crippen LogP contribution is 2.14. The lowest BCUT2D eigenvalue weighted by atomic mass is 10.0. The average molecular weight is 264 g/mol. The van der Waals surface area contributed by atoms with E-state index >= 15 is 0 Å². The van der Waals surface area contributed by atoms with E-state index in [0.717, 1.165) is 18.4 Å². The van der Waals surface area contributed by atoms with E-state index in [1.54, 1.807) is 18.2 Å². The normalized spacial score (nSPS) is 12.1. The van der Waals surface area contributed by atoms with Gasteiger partial charge in [-0.15, -0.1) is 0 Å². The second-order valence-corrected chi connectivity index (χ2v) is 4.95. The van der Waals surface area contributed by atoms with Crippen LogP contribution in [0.15, 0.2) is 24.3 Å². The Balaban J connectivity index is 2.34. The van der Waals surface area contributed by atoms with Crippen LogP contribution in [-0.4, -0.2) is 17.7 Å². The van der Waals surface area contributed by atoms with Gasteiger partial charge >= 0.3 is 5.97 Å². The summed E-state index contributed by atoms with van der Waals surface area (Å²) in [6.45, 7) is 4.80. The zero-order valence-electron chi connectivity index (χ0n) is 11.9. The number of aromatic hydroxyl groups is 1. The quantitative estimate of drug-likeness (QED) is 0.728. The lowest BCUT2D eigenvalue weighted by molar-refractivity contribution is -0.144. The van der Waals surface area contributed by atoms with Gasteiger partial charge in [-0.05, 0) is 30.0 Å². The van der Waals surface area contributed by atoms with Gasteiger partial charge in [-0.3, -0.25) is 4.79 Å². The Morgan fingerprint density at radius 3 is 2.79 bits per heavy atom. The molecule has 0 radical (unpaired) electrons. The Kier molecular flexibility index (Phi) is 7.01. The van der Waals surface area contributed by atoms with Gasteiger partial charge in [-0.1, -0.05) is 45.2 Å². The van der Waals surface area contributed by atoms with E-state index < -0.39 is 0 Å². The highest BCUT2D eigenvalue weighted by molar-refractivity contribution is 5.72. The molecule has 0 amide bonds. The molecule has 0 saturated heterocycles. The predicted octanol–water partition coefficient (Wildman–Crippen LogP) is 3.69. The van der Waals surface area contributed by atoms with Crippen LogP contribution in [0.1, 0.15) is 45.1 Å². The minimum Gasteiger partial charge on any atom is -0.508 e. The van der Waals surface area contributed by atoms with Gasteiger partial charge in [0.1, 0.15) is 5.75 Å². The van der Waals surface area contributed by atoms with E-state index in [2.05, 4.69) is 13.8 Å². The molecule has 1 unspecified atom stereocenters. The number of carbonyl (C=O) groups is 1. The summed E-state index contributed by atoms with van der Waals surface area (Å²) in [5.41, 5.74) is 0.784. The van der Waals surface area contributed by atoms with Crippen molar-refractivity contribution < 1.29 is 14.6 Å². The van der Waals surface area contributed by atoms with Crippen molar-refractivity contribution in [1.82, 2.24) is 0 Å². The van der Waals surface area contributed by atoms with Crippen molar-refractivity contribution in [3.05, 3.63) is 29.8 Å². The number of unbranched alkanes of at least 4 members (excludes halogenated alkanes) is 1. The number of ether oxygens (including phenoxy) is 1. The Bertz CT molecular complexity index is 387. The monoisotopic (exact) mass is 264 g/mol. The summed E-state index contributed by atoms with van der Waals surface area (Å²) in [5, 5.41) is 9.33. The number of rotatable bonds is 8. The Hall–Kier alpha value is -1.51. The molecule has 0 aliphatic carbocycles. The molecular weight excluding hydrogens is 240 g/mol. The maximum absolute atomic E-state index is 11.7. The van der Waals surface area contributed by atoms with Crippen LogP contribution in [-0.2, 0) is 16.0 Å². The van der Waals surface area contributed by atoms with Crippen molar-refractivity contribution in [2.45, 2.75) is 46.0 Å². The maximum atomic E-state index is 11.7. The molecule has 1 N–H and O–H groups in total. The topological polar surface area (TPSA) is 46.5 Å². The van der Waals surface area contributed by atoms with Crippen molar-refractivity contribution in [3.63, 3.8) is 0 Å². The molecule has 0 fully saturated rings. The van der Waals surface area contributed by atoms with Crippen molar-refractivity contribution in [1.29, 1.82) is 0 Å². The zero-order valence-corrected chi connectivity index (χ0v) is 11.9. The Morgan fingerprint density at radius 1 is 1.37 bits per heavy atom. The first kappa shape index (κ1) is 15.5. The number of esters is 1. The van der Waals surface area contributed by atoms with Crippen LogP contribution >= 0.6 is 0 Å². The van der Waals surface area contributed by atoms with Gasteiger partial charge in [0, 0.05) is 0 Å². The third-order valence-corrected chi connectivity index (χ3v) is 3.28. The third kappa shape index (κ3) is 6.27. The first-order valence-corrected chi connectivity index (χ1v) is 7.09. The molecule has 19 heavy (non-hydrogen) atoms. The van der Waals surface area contributed by atoms with E-state index in [-0.39, 0.29) is 18.1 Å². The summed E-state index contributed by atoms with van der Waals surface area (Å²) in [6.07, 6.45) is 4.74. The van der Waals surface area contributed by atoms with E-state index in [9.17, 15) is 9.90 Å². The van der Waals surface area contributed by atoms with Gasteiger partial charge in [0.2, 0.25) is 0 Å². The minimum absolute atomic E-state index is 0.180. The standard InChI is InChI=1S/C16H24O3/c1-3-5-7-13(4-2)12-19-16(18)11-14-8-6-9-15(17)10-14/h6,8-10,13,17H,3-5,7,11-12H2,1-2H3. The van der Waals surface area contributed by atoms with Gasteiger partial charge in [0.25, 0.3) is 0 Å². The fourth-order valence-electron chi connectivity index (χ4n) is 1.99. The van der Waals surface area contributed by atoms with Crippen molar-refractivity contribution in [2.24, 2.45) is 5.92 Å². The van der Waals surface area contributed by atoms with Crippen LogP contribution in [0.25, 0.3) is 0 Å². The van der Waals surface area contributed by atoms with Crippen molar-refractivity contribution >= 4 is 5.97 Å². The number of carbonyl (C=O) groups excluding carboxylic acids is 1. The van der Waals surface area contributed by atoms with Gasteiger partial charge in [-0.2, -0.15) is 0 Å². The highest BCUT2D eigenvalue weighted by Gasteiger charge is 2.10. The van der Waals surface area contributed by atoms with Crippen LogP contribution in [0.4, 0.5) is 0 Å². The van der Waals surface area contributed by atoms with E-state index in [0.29, 0.717) is 12.5 Å². The zero-order chi connectivity index (χ0) is 14.1. The first-order valence-electron chi connectivity index (χ1n) is 7.09. The molecule has 0 aromatic heterocycles. The number of phenols is 1. The average Bonchev–Trinajstić information content (AvgIpc) is 2.39. The lowest BCUT2D eigenvalue weighted by Gasteiger charge is -2.14. The van der Waals surface area contributed by atoms with Crippen molar-refractivity contribution in [2.75, 3.05) is 6.61 Å². The number of hydrogen-bond acceptors (Lipinski definition) is 3. The molecule has 106 valence electrons. The van der Waals surface area contributed by atoms with Gasteiger partial charge < -0.3 is 9.84 Å². The summed E-state index contributed by atoms with van der Waals surface area (Å²) < 4.78 is 5.32. The SMILES string of the molecule is CCCCC(CC)COC(=O)Cc1cccc(O)c1. The van der Waals surface area contributed by atoms with Gasteiger partial charge in [0.05, 0.1) is 13.0 Å². The van der Waals surface area contributed by atoms with E-state index in [4.69, 9.17) is 4.74 Å². The summed E-state index contributed by atoms with van der Waals surface area (Å²) in [7, 11) is 0. The number of hydrogen-bond donors (Lipinski definition) is 1. The van der Waals surface area contributed by atoms with Crippen LogP contribution in [0.2, 0.25) is 0 Å². The molecule has 1 aromatic carbocycles. The molecule has 0 aliphatic heterocycles. The summed E-state index contributed by atoms with van der Waals surface area (Å²) in [5.74, 6) is 0.424. The predicted molar refractivity (Wildman–Crippen MR) is 76.1 cm³/mol. The fourth-order valence-corrected chi connectivity index (χ4v) is 1.99. The van der Waals surface area contributed by atoms with Crippen LogP contribution in [0.5, 0.6) is 5.75 Å². The molecule has 0 spiro atoms. The van der Waals surface area contributed by atoms with E-state index in [1.807, 2.05) is 6.07 Å². The molecule has 0 saturated carbocycles. The largest absolute Gasteiger partial charge is 0.508 e. The molecular formula is C16H24O3. The van der Waals surface area contributed by atoms with Gasteiger partial charge in [-0.25, -0.2) is 0 Å². The van der Waals surface area contributed by atoms with Crippen LogP contribution < -0.4 is 0 Å². The molecule has 0 bridgehead atoms. The third-order valence-electron chi connectivity index (χ3n) is 3.28. The molecule has 0 heterocycles. The lowest BCUT2D eigenvalue weighted by Crippen LogP contribution is -2.15. The summed E-state index contributed by atoms with van der Waals surface area (Å²) in [4.78, 5) is 11.7. The van der Waals surface area contributed by atoms with Crippen molar-refractivity contribution in [3.8, 4) is 5.75 Å². The summed E-state index contributed by atoms with van der Waals surface area (Å²) >= 11 is 0. The Labute approximate surface area is 115 Å². The molecule has 0 aliphatic rings. The second kappa shape index (κ2) is 8.57. The smallest absolute Gasteiger partial charge is 0.310 e. The molecule has 3 nitrogen and oxygen atoms in total. The van der Waals surface area contributed by atoms with Crippen LogP contribution in [0, 0.1) is 5.92 Å². The first-order chi connectivity index (χ1) is 9.15. The summed E-state index contributed by atoms with van der Waals surface area (Å²) in [6, 6.07) is 6.73. The van der Waals surface area contributed by atoms with Crippen LogP contribution in [0.3, 0.4) is 0 Å². The minimum atomic E-state index is -0.222. The molecule has 1 atom stereocenters. The second-order valence-electron chi connectivity index (χ2n) is 4.95. The van der Waals surface area contributed by atoms with E-state index in [1.165, 1.54) is 12.8 Å². The highest BCUT2D eigenvalue weighted by atomic mass is 16.5. The molecule has 1 aromatic rings. The molecule has 1 rings (SSSR count). The maximum Gasteiger partial charge on any atom is 0.310 e. The number of benzene rings is 1. The fraction of sp³-hybridized carbons (Fsp3) is 0.562. The molecule has 3 heteroatoms. The number of phenolic OH excluding ortho intramolecular Hbond substituents is 1. The Morgan fingerprint density at radius 2 is 2.16 bits per heavy atom. The van der Waals surface area contributed by atoms with Gasteiger partial charge in [0.15, 0.2) is 0 Å².